The first-order valence-corrected chi connectivity index (χ1v) is 4.36. The van der Waals surface area contributed by atoms with Gasteiger partial charge in [-0.3, -0.25) is 0 Å². The highest BCUT2D eigenvalue weighted by Crippen LogP contribution is 2.47. The third-order valence-electron chi connectivity index (χ3n) is 2.61. The van der Waals surface area contributed by atoms with E-state index in [1.807, 2.05) is 18.2 Å². The minimum Gasteiger partial charge on any atom is -0.119 e. The van der Waals surface area contributed by atoms with Gasteiger partial charge in [0, 0.05) is 5.56 Å². The summed E-state index contributed by atoms with van der Waals surface area (Å²) >= 11 is 0. The smallest absolute Gasteiger partial charge is 0.0561 e. The van der Waals surface area contributed by atoms with Gasteiger partial charge >= 0.3 is 0 Å². The summed E-state index contributed by atoms with van der Waals surface area (Å²) in [4.78, 5) is 0. The molecule has 0 spiro atoms. The number of hydrogen-bond donors (Lipinski definition) is 0. The van der Waals surface area contributed by atoms with Crippen LogP contribution in [0.15, 0.2) is 24.3 Å². The molecule has 0 aromatic heterocycles. The molecule has 0 radical (unpaired) electrons. The molecule has 0 saturated heterocycles. The summed E-state index contributed by atoms with van der Waals surface area (Å²) in [6.45, 7) is 0. The lowest BCUT2D eigenvalue weighted by atomic mass is 9.95. The molecule has 0 nitrogen and oxygen atoms in total. The summed E-state index contributed by atoms with van der Waals surface area (Å²) in [7, 11) is 0. The van der Waals surface area contributed by atoms with Crippen LogP contribution in [-0.2, 0) is 5.41 Å². The molecular formula is C13H10. The Morgan fingerprint density at radius 1 is 1.23 bits per heavy atom. The minimum absolute atomic E-state index is 0.00681. The Bertz CT molecular complexity index is 408. The zero-order valence-corrected chi connectivity index (χ0v) is 7.38. The van der Waals surface area contributed by atoms with Crippen LogP contribution < -0.4 is 0 Å². The monoisotopic (exact) mass is 166 g/mol. The Balaban J connectivity index is 2.44. The lowest BCUT2D eigenvalue weighted by molar-refractivity contribution is 0.930. The molecular weight excluding hydrogens is 156 g/mol. The fourth-order valence-corrected chi connectivity index (χ4v) is 1.55. The zero-order chi connectivity index (χ0) is 9.31. The van der Waals surface area contributed by atoms with Crippen molar-refractivity contribution in [1.29, 1.82) is 0 Å². The molecule has 1 aromatic rings. The average Bonchev–Trinajstić information content (AvgIpc) is 2.99. The van der Waals surface area contributed by atoms with E-state index in [1.165, 1.54) is 5.56 Å². The highest BCUT2D eigenvalue weighted by atomic mass is 14.4. The molecule has 0 heterocycles. The van der Waals surface area contributed by atoms with E-state index in [0.29, 0.717) is 0 Å². The molecule has 2 rings (SSSR count). The second-order valence-electron chi connectivity index (χ2n) is 3.45. The van der Waals surface area contributed by atoms with Crippen molar-refractivity contribution in [1.82, 2.24) is 0 Å². The van der Waals surface area contributed by atoms with Crippen LogP contribution >= 0.6 is 0 Å². The Kier molecular flexibility index (Phi) is 1.64. The number of rotatable bonds is 1. The van der Waals surface area contributed by atoms with Gasteiger partial charge in [0.15, 0.2) is 0 Å². The fraction of sp³-hybridized carbons (Fsp3) is 0.231. The SMILES string of the molecule is C#Cc1cccc(C2(C#C)CC2)c1. The first kappa shape index (κ1) is 7.96. The van der Waals surface area contributed by atoms with Gasteiger partial charge < -0.3 is 0 Å². The summed E-state index contributed by atoms with van der Waals surface area (Å²) in [5.74, 6) is 5.47. The summed E-state index contributed by atoms with van der Waals surface area (Å²) in [5.41, 5.74) is 2.12. The van der Waals surface area contributed by atoms with Crippen molar-refractivity contribution < 1.29 is 0 Å². The van der Waals surface area contributed by atoms with Crippen molar-refractivity contribution >= 4 is 0 Å². The highest BCUT2D eigenvalue weighted by Gasteiger charge is 2.42. The molecule has 0 atom stereocenters. The first-order valence-electron chi connectivity index (χ1n) is 4.36. The van der Waals surface area contributed by atoms with E-state index in [2.05, 4.69) is 17.9 Å². The molecule has 1 saturated carbocycles. The Labute approximate surface area is 79.0 Å². The maximum absolute atomic E-state index is 5.49. The largest absolute Gasteiger partial charge is 0.119 e. The van der Waals surface area contributed by atoms with Gasteiger partial charge in [0.05, 0.1) is 5.41 Å². The molecule has 1 fully saturated rings. The maximum Gasteiger partial charge on any atom is 0.0561 e. The second kappa shape index (κ2) is 2.68. The van der Waals surface area contributed by atoms with E-state index in [0.717, 1.165) is 18.4 Å². The normalized spacial score (nSPS) is 17.1. The molecule has 62 valence electrons. The van der Waals surface area contributed by atoms with Gasteiger partial charge in [0.2, 0.25) is 0 Å². The van der Waals surface area contributed by atoms with E-state index in [9.17, 15) is 0 Å². The number of hydrogen-bond acceptors (Lipinski definition) is 0. The molecule has 0 unspecified atom stereocenters. The van der Waals surface area contributed by atoms with Crippen LogP contribution in [0.5, 0.6) is 0 Å². The van der Waals surface area contributed by atoms with E-state index in [4.69, 9.17) is 12.8 Å². The molecule has 1 aromatic carbocycles. The number of terminal acetylenes is 2. The Morgan fingerprint density at radius 3 is 2.54 bits per heavy atom. The molecule has 0 aliphatic heterocycles. The molecule has 0 heteroatoms. The van der Waals surface area contributed by atoms with Gasteiger partial charge in [0.1, 0.15) is 0 Å². The standard InChI is InChI=1S/C13H10/c1-3-11-6-5-7-12(10-11)13(4-2)8-9-13/h1-2,5-7,10H,8-9H2. The topological polar surface area (TPSA) is 0 Å². The third kappa shape index (κ3) is 1.21. The van der Waals surface area contributed by atoms with E-state index in [-0.39, 0.29) is 5.41 Å². The van der Waals surface area contributed by atoms with Crippen LogP contribution in [0.1, 0.15) is 24.0 Å². The minimum atomic E-state index is 0.00681. The Morgan fingerprint density at radius 2 is 2.00 bits per heavy atom. The lowest BCUT2D eigenvalue weighted by Gasteiger charge is -2.07. The quantitative estimate of drug-likeness (QED) is 0.562. The van der Waals surface area contributed by atoms with Gasteiger partial charge in [-0.1, -0.05) is 24.0 Å². The molecule has 0 bridgehead atoms. The number of benzene rings is 1. The Hall–Kier alpha value is -1.66. The van der Waals surface area contributed by atoms with E-state index < -0.39 is 0 Å². The highest BCUT2D eigenvalue weighted by molar-refractivity contribution is 5.45. The van der Waals surface area contributed by atoms with Crippen molar-refractivity contribution in [3.8, 4) is 24.7 Å². The fourth-order valence-electron chi connectivity index (χ4n) is 1.55. The van der Waals surface area contributed by atoms with Crippen LogP contribution in [0.2, 0.25) is 0 Å². The molecule has 13 heavy (non-hydrogen) atoms. The van der Waals surface area contributed by atoms with E-state index >= 15 is 0 Å². The van der Waals surface area contributed by atoms with Gasteiger partial charge in [-0.2, -0.15) is 0 Å². The van der Waals surface area contributed by atoms with Crippen molar-refractivity contribution in [2.75, 3.05) is 0 Å². The lowest BCUT2D eigenvalue weighted by Crippen LogP contribution is -2.02. The van der Waals surface area contributed by atoms with Crippen LogP contribution in [0.25, 0.3) is 0 Å². The molecule has 0 N–H and O–H groups in total. The van der Waals surface area contributed by atoms with Gasteiger partial charge in [-0.25, -0.2) is 0 Å². The van der Waals surface area contributed by atoms with Crippen LogP contribution in [-0.4, -0.2) is 0 Å². The van der Waals surface area contributed by atoms with Gasteiger partial charge in [-0.15, -0.1) is 12.8 Å². The summed E-state index contributed by atoms with van der Waals surface area (Å²) in [6, 6.07) is 7.98. The van der Waals surface area contributed by atoms with Crippen LogP contribution in [0.3, 0.4) is 0 Å². The molecule has 1 aliphatic carbocycles. The summed E-state index contributed by atoms with van der Waals surface area (Å²) in [5, 5.41) is 0. The third-order valence-corrected chi connectivity index (χ3v) is 2.61. The van der Waals surface area contributed by atoms with Gasteiger partial charge in [0.25, 0.3) is 0 Å². The molecule has 0 amide bonds. The summed E-state index contributed by atoms with van der Waals surface area (Å²) < 4.78 is 0. The predicted octanol–water partition coefficient (Wildman–Crippen LogP) is 2.33. The van der Waals surface area contributed by atoms with Crippen LogP contribution in [0.4, 0.5) is 0 Å². The van der Waals surface area contributed by atoms with Crippen molar-refractivity contribution in [3.63, 3.8) is 0 Å². The van der Waals surface area contributed by atoms with Gasteiger partial charge in [-0.05, 0) is 30.5 Å². The van der Waals surface area contributed by atoms with Crippen molar-refractivity contribution in [3.05, 3.63) is 35.4 Å². The average molecular weight is 166 g/mol. The van der Waals surface area contributed by atoms with Crippen molar-refractivity contribution in [2.45, 2.75) is 18.3 Å². The predicted molar refractivity (Wildman–Crippen MR) is 54.1 cm³/mol. The molecule has 1 aliphatic rings. The van der Waals surface area contributed by atoms with E-state index in [1.54, 1.807) is 0 Å². The maximum atomic E-state index is 5.49. The summed E-state index contributed by atoms with van der Waals surface area (Å²) in [6.07, 6.45) is 13.0. The second-order valence-corrected chi connectivity index (χ2v) is 3.45. The van der Waals surface area contributed by atoms with Crippen LogP contribution in [0, 0.1) is 24.7 Å². The zero-order valence-electron chi connectivity index (χ0n) is 7.38. The van der Waals surface area contributed by atoms with Crippen molar-refractivity contribution in [2.24, 2.45) is 0 Å². The first-order chi connectivity index (χ1) is 6.30.